The lowest BCUT2D eigenvalue weighted by molar-refractivity contribution is -0.0631. The van der Waals surface area contributed by atoms with Gasteiger partial charge in [-0.2, -0.15) is 9.97 Å². The Morgan fingerprint density at radius 2 is 2.15 bits per heavy atom. The summed E-state index contributed by atoms with van der Waals surface area (Å²) in [6, 6.07) is 0. The zero-order valence-electron chi connectivity index (χ0n) is 10.3. The molecule has 2 aromatic rings. The van der Waals surface area contributed by atoms with E-state index in [2.05, 4.69) is 15.0 Å². The molecule has 0 aromatic carbocycles. The molecule has 10 nitrogen and oxygen atoms in total. The normalized spacial score (nSPS) is 23.2. The smallest absolute Gasteiger partial charge is 0.330 e. The minimum atomic E-state index is -1.76. The van der Waals surface area contributed by atoms with E-state index in [0.717, 1.165) is 0 Å². The molecule has 108 valence electrons. The van der Waals surface area contributed by atoms with Crippen molar-refractivity contribution in [1.29, 1.82) is 0 Å². The highest BCUT2D eigenvalue weighted by molar-refractivity contribution is 7.40. The standard InChI is InChI=1S/C9H13N6O4P/c10-7-6-8(14-9(11)13-7)15(3-12-6)4-17-5-1-18-20(16)19-2-5/h3,5,16H,1-2,4H2,(H4,10,11,13,14). The van der Waals surface area contributed by atoms with E-state index in [0.29, 0.717) is 11.2 Å². The topological polar surface area (TPSA) is 144 Å². The van der Waals surface area contributed by atoms with E-state index in [1.54, 1.807) is 10.9 Å². The molecule has 1 fully saturated rings. The zero-order chi connectivity index (χ0) is 14.1. The number of nitrogen functional groups attached to an aromatic ring is 2. The lowest BCUT2D eigenvalue weighted by Crippen LogP contribution is -2.28. The van der Waals surface area contributed by atoms with Crippen LogP contribution in [0.2, 0.25) is 0 Å². The number of nitrogens with two attached hydrogens (primary N) is 2. The van der Waals surface area contributed by atoms with Gasteiger partial charge >= 0.3 is 8.60 Å². The Balaban J connectivity index is 1.72. The summed E-state index contributed by atoms with van der Waals surface area (Å²) in [6.07, 6.45) is 1.27. The molecule has 1 aliphatic rings. The van der Waals surface area contributed by atoms with Crippen molar-refractivity contribution in [2.24, 2.45) is 0 Å². The van der Waals surface area contributed by atoms with Crippen molar-refractivity contribution in [1.82, 2.24) is 19.5 Å². The van der Waals surface area contributed by atoms with Crippen molar-refractivity contribution < 1.29 is 18.7 Å². The van der Waals surface area contributed by atoms with Gasteiger partial charge in [-0.1, -0.05) is 0 Å². The van der Waals surface area contributed by atoms with E-state index in [1.165, 1.54) is 0 Å². The highest BCUT2D eigenvalue weighted by atomic mass is 31.2. The van der Waals surface area contributed by atoms with E-state index >= 15 is 0 Å². The zero-order valence-corrected chi connectivity index (χ0v) is 11.2. The van der Waals surface area contributed by atoms with Crippen LogP contribution in [0, 0.1) is 0 Å². The van der Waals surface area contributed by atoms with E-state index in [9.17, 15) is 0 Å². The molecule has 1 saturated heterocycles. The first-order chi connectivity index (χ1) is 9.63. The van der Waals surface area contributed by atoms with Crippen molar-refractivity contribution in [3.05, 3.63) is 6.33 Å². The lowest BCUT2D eigenvalue weighted by atomic mass is 10.4. The number of fused-ring (bicyclic) bond motifs is 1. The Morgan fingerprint density at radius 1 is 1.40 bits per heavy atom. The second-order valence-corrected chi connectivity index (χ2v) is 5.09. The fourth-order valence-electron chi connectivity index (χ4n) is 1.74. The van der Waals surface area contributed by atoms with E-state index in [1.807, 2.05) is 0 Å². The third kappa shape index (κ3) is 2.65. The fourth-order valence-corrected chi connectivity index (χ4v) is 2.40. The number of nitrogens with zero attached hydrogens (tertiary/aromatic N) is 4. The summed E-state index contributed by atoms with van der Waals surface area (Å²) in [4.78, 5) is 21.1. The number of rotatable bonds is 3. The molecule has 0 amide bonds. The second-order valence-electron chi connectivity index (χ2n) is 4.10. The molecule has 2 aromatic heterocycles. The summed E-state index contributed by atoms with van der Waals surface area (Å²) in [5, 5.41) is 0. The number of aromatic nitrogens is 4. The SMILES string of the molecule is Nc1nc(N)c2ncn(COC3COP(O)OC3)c2n1. The van der Waals surface area contributed by atoms with Gasteiger partial charge in [0, 0.05) is 0 Å². The highest BCUT2D eigenvalue weighted by Crippen LogP contribution is 2.36. The maximum Gasteiger partial charge on any atom is 0.330 e. The third-order valence-electron chi connectivity index (χ3n) is 2.70. The van der Waals surface area contributed by atoms with Crippen LogP contribution in [0.25, 0.3) is 11.2 Å². The summed E-state index contributed by atoms with van der Waals surface area (Å²) in [7, 11) is -1.76. The summed E-state index contributed by atoms with van der Waals surface area (Å²) < 4.78 is 17.2. The van der Waals surface area contributed by atoms with Crippen molar-refractivity contribution in [3.63, 3.8) is 0 Å². The third-order valence-corrected chi connectivity index (χ3v) is 3.44. The van der Waals surface area contributed by atoms with Crippen molar-refractivity contribution in [3.8, 4) is 0 Å². The van der Waals surface area contributed by atoms with Crippen LogP contribution in [0.4, 0.5) is 11.8 Å². The van der Waals surface area contributed by atoms with Gasteiger partial charge < -0.3 is 30.1 Å². The molecule has 0 bridgehead atoms. The van der Waals surface area contributed by atoms with Gasteiger partial charge in [0.05, 0.1) is 19.5 Å². The van der Waals surface area contributed by atoms with E-state index in [4.69, 9.17) is 30.1 Å². The number of ether oxygens (including phenoxy) is 1. The van der Waals surface area contributed by atoms with Gasteiger partial charge in [-0.25, -0.2) is 4.98 Å². The molecule has 20 heavy (non-hydrogen) atoms. The van der Waals surface area contributed by atoms with Crippen LogP contribution >= 0.6 is 8.60 Å². The van der Waals surface area contributed by atoms with Crippen LogP contribution in [0.3, 0.4) is 0 Å². The predicted molar refractivity (Wildman–Crippen MR) is 70.1 cm³/mol. The summed E-state index contributed by atoms with van der Waals surface area (Å²) >= 11 is 0. The lowest BCUT2D eigenvalue weighted by Gasteiger charge is -2.24. The Morgan fingerprint density at radius 3 is 2.90 bits per heavy atom. The molecule has 0 radical (unpaired) electrons. The Bertz CT molecular complexity index is 614. The van der Waals surface area contributed by atoms with Crippen LogP contribution in [-0.2, 0) is 20.5 Å². The van der Waals surface area contributed by atoms with Crippen molar-refractivity contribution in [2.75, 3.05) is 24.7 Å². The van der Waals surface area contributed by atoms with Crippen LogP contribution in [0.5, 0.6) is 0 Å². The molecular formula is C9H13N6O4P. The number of imidazole rings is 1. The molecule has 5 N–H and O–H groups in total. The Labute approximate surface area is 114 Å². The average molecular weight is 300 g/mol. The monoisotopic (exact) mass is 300 g/mol. The first-order valence-corrected chi connectivity index (χ1v) is 6.87. The molecule has 1 aliphatic heterocycles. The summed E-state index contributed by atoms with van der Waals surface area (Å²) in [5.74, 6) is 0.300. The molecule has 0 aliphatic carbocycles. The molecule has 0 saturated carbocycles. The van der Waals surface area contributed by atoms with Crippen molar-refractivity contribution >= 4 is 31.5 Å². The summed E-state index contributed by atoms with van der Waals surface area (Å²) in [6.45, 7) is 0.731. The Hall–Kier alpha value is -1.58. The largest absolute Gasteiger partial charge is 0.382 e. The minimum absolute atomic E-state index is 0.0759. The van der Waals surface area contributed by atoms with Crippen LogP contribution in [0.15, 0.2) is 6.33 Å². The number of anilines is 2. The van der Waals surface area contributed by atoms with Gasteiger partial charge in [-0.05, 0) is 0 Å². The van der Waals surface area contributed by atoms with Crippen LogP contribution in [0.1, 0.15) is 0 Å². The highest BCUT2D eigenvalue weighted by Gasteiger charge is 2.22. The van der Waals surface area contributed by atoms with Gasteiger partial charge in [-0.15, -0.1) is 0 Å². The average Bonchev–Trinajstić information content (AvgIpc) is 2.81. The van der Waals surface area contributed by atoms with Gasteiger partial charge in [0.1, 0.15) is 18.4 Å². The molecule has 3 rings (SSSR count). The molecule has 0 unspecified atom stereocenters. The molecule has 0 spiro atoms. The van der Waals surface area contributed by atoms with Crippen LogP contribution < -0.4 is 11.5 Å². The van der Waals surface area contributed by atoms with E-state index < -0.39 is 8.60 Å². The molecule has 11 heteroatoms. The van der Waals surface area contributed by atoms with Crippen molar-refractivity contribution in [2.45, 2.75) is 12.8 Å². The fraction of sp³-hybridized carbons (Fsp3) is 0.444. The maximum absolute atomic E-state index is 9.09. The molecular weight excluding hydrogens is 287 g/mol. The second kappa shape index (κ2) is 5.43. The quantitative estimate of drug-likeness (QED) is 0.645. The Kier molecular flexibility index (Phi) is 3.64. The predicted octanol–water partition coefficient (Wildman–Crippen LogP) is -0.401. The van der Waals surface area contributed by atoms with E-state index in [-0.39, 0.29) is 37.8 Å². The first-order valence-electron chi connectivity index (χ1n) is 5.73. The number of hydrogen-bond acceptors (Lipinski definition) is 9. The van der Waals surface area contributed by atoms with Gasteiger partial charge in [-0.3, -0.25) is 4.57 Å². The van der Waals surface area contributed by atoms with Gasteiger partial charge in [0.2, 0.25) is 5.95 Å². The van der Waals surface area contributed by atoms with Gasteiger partial charge in [0.15, 0.2) is 11.5 Å². The molecule has 3 heterocycles. The van der Waals surface area contributed by atoms with Gasteiger partial charge in [0.25, 0.3) is 0 Å². The van der Waals surface area contributed by atoms with Crippen LogP contribution in [-0.4, -0.2) is 43.7 Å². The first kappa shape index (κ1) is 13.4. The maximum atomic E-state index is 9.09. The summed E-state index contributed by atoms with van der Waals surface area (Å²) in [5.41, 5.74) is 12.2. The minimum Gasteiger partial charge on any atom is -0.382 e. The number of hydrogen-bond donors (Lipinski definition) is 3. The molecule has 0 atom stereocenters.